The van der Waals surface area contributed by atoms with E-state index in [-0.39, 0.29) is 11.2 Å². The van der Waals surface area contributed by atoms with Crippen LogP contribution in [0.15, 0.2) is 0 Å². The highest BCUT2D eigenvalue weighted by Gasteiger charge is 2.55. The van der Waals surface area contributed by atoms with E-state index in [1.54, 1.807) is 0 Å². The van der Waals surface area contributed by atoms with Gasteiger partial charge in [-0.05, 0) is 38.5 Å². The predicted molar refractivity (Wildman–Crippen MR) is 79.5 cm³/mol. The summed E-state index contributed by atoms with van der Waals surface area (Å²) in [5, 5.41) is 7.27. The molecule has 4 aliphatic rings. The third kappa shape index (κ3) is 2.53. The van der Waals surface area contributed by atoms with Gasteiger partial charge in [0.25, 0.3) is 0 Å². The Balaban J connectivity index is 1.48. The summed E-state index contributed by atoms with van der Waals surface area (Å²) in [5.41, 5.74) is -0.0000652. The first-order valence-electron chi connectivity index (χ1n) is 8.66. The van der Waals surface area contributed by atoms with Gasteiger partial charge in [-0.1, -0.05) is 0 Å². The lowest BCUT2D eigenvalue weighted by molar-refractivity contribution is -0.257. The second-order valence-electron chi connectivity index (χ2n) is 7.10. The fourth-order valence-electron chi connectivity index (χ4n) is 4.31. The van der Waals surface area contributed by atoms with Crippen LogP contribution < -0.4 is 10.6 Å². The molecular formula is C16H28N2O3. The van der Waals surface area contributed by atoms with E-state index in [2.05, 4.69) is 10.6 Å². The van der Waals surface area contributed by atoms with Crippen molar-refractivity contribution in [3.05, 3.63) is 0 Å². The van der Waals surface area contributed by atoms with Crippen LogP contribution in [0.5, 0.6) is 0 Å². The topological polar surface area (TPSA) is 51.8 Å². The van der Waals surface area contributed by atoms with Crippen molar-refractivity contribution < 1.29 is 14.2 Å². The van der Waals surface area contributed by atoms with Gasteiger partial charge in [-0.2, -0.15) is 0 Å². The normalized spacial score (nSPS) is 38.3. The highest BCUT2D eigenvalue weighted by Crippen LogP contribution is 2.49. The zero-order valence-corrected chi connectivity index (χ0v) is 12.9. The summed E-state index contributed by atoms with van der Waals surface area (Å²) in [6.07, 6.45) is 7.24. The Bertz CT molecular complexity index is 323. The van der Waals surface area contributed by atoms with E-state index in [9.17, 15) is 0 Å². The minimum absolute atomic E-state index is 0.0000326. The molecule has 4 fully saturated rings. The van der Waals surface area contributed by atoms with Crippen molar-refractivity contribution in [2.24, 2.45) is 0 Å². The average Bonchev–Trinajstić information content (AvgIpc) is 2.47. The Morgan fingerprint density at radius 3 is 1.52 bits per heavy atom. The van der Waals surface area contributed by atoms with Crippen LogP contribution in [0, 0.1) is 0 Å². The van der Waals surface area contributed by atoms with Gasteiger partial charge in [0.2, 0.25) is 0 Å². The van der Waals surface area contributed by atoms with Crippen molar-refractivity contribution in [2.45, 2.75) is 61.8 Å². The first-order chi connectivity index (χ1) is 10.3. The largest absolute Gasteiger partial charge is 0.378 e. The third-order valence-electron chi connectivity index (χ3n) is 5.92. The molecule has 0 aromatic carbocycles. The monoisotopic (exact) mass is 296 g/mol. The standard InChI is InChI=1S/C16H28N2O3/c1-3-15(4-1,13-11-19-9-7-17-13)21-16(5-2-6-16)14-12-20-10-8-18-14/h13-14,17-18H,1-12H2. The van der Waals surface area contributed by atoms with Gasteiger partial charge in [-0.15, -0.1) is 0 Å². The molecule has 2 saturated heterocycles. The molecule has 120 valence electrons. The van der Waals surface area contributed by atoms with Gasteiger partial charge in [0, 0.05) is 13.1 Å². The second kappa shape index (κ2) is 5.78. The van der Waals surface area contributed by atoms with E-state index in [0.29, 0.717) is 12.1 Å². The molecule has 4 rings (SSSR count). The van der Waals surface area contributed by atoms with Crippen molar-refractivity contribution >= 4 is 0 Å². The number of nitrogens with one attached hydrogen (secondary N) is 2. The average molecular weight is 296 g/mol. The van der Waals surface area contributed by atoms with E-state index in [1.165, 1.54) is 38.5 Å². The predicted octanol–water partition coefficient (Wildman–Crippen LogP) is 0.825. The first-order valence-corrected chi connectivity index (χ1v) is 8.66. The van der Waals surface area contributed by atoms with Crippen molar-refractivity contribution in [3.63, 3.8) is 0 Å². The molecule has 2 aliphatic heterocycles. The maximum absolute atomic E-state index is 6.89. The fraction of sp³-hybridized carbons (Fsp3) is 1.00. The summed E-state index contributed by atoms with van der Waals surface area (Å²) in [4.78, 5) is 0. The summed E-state index contributed by atoms with van der Waals surface area (Å²) in [5.74, 6) is 0. The molecule has 2 aliphatic carbocycles. The molecule has 0 bridgehead atoms. The van der Waals surface area contributed by atoms with E-state index in [0.717, 1.165) is 39.5 Å². The molecule has 2 saturated carbocycles. The van der Waals surface area contributed by atoms with Gasteiger partial charge in [-0.3, -0.25) is 0 Å². The molecule has 21 heavy (non-hydrogen) atoms. The van der Waals surface area contributed by atoms with E-state index >= 15 is 0 Å². The minimum Gasteiger partial charge on any atom is -0.378 e. The van der Waals surface area contributed by atoms with Gasteiger partial charge >= 0.3 is 0 Å². The summed E-state index contributed by atoms with van der Waals surface area (Å²) >= 11 is 0. The molecule has 0 spiro atoms. The highest BCUT2D eigenvalue weighted by atomic mass is 16.5. The molecule has 5 nitrogen and oxygen atoms in total. The molecule has 0 amide bonds. The van der Waals surface area contributed by atoms with Crippen LogP contribution >= 0.6 is 0 Å². The van der Waals surface area contributed by atoms with E-state index in [4.69, 9.17) is 14.2 Å². The Morgan fingerprint density at radius 1 is 0.762 bits per heavy atom. The lowest BCUT2D eigenvalue weighted by Gasteiger charge is -2.58. The highest BCUT2D eigenvalue weighted by molar-refractivity contribution is 5.08. The number of hydrogen-bond donors (Lipinski definition) is 2. The van der Waals surface area contributed by atoms with Crippen LogP contribution in [0.1, 0.15) is 38.5 Å². The maximum Gasteiger partial charge on any atom is 0.0865 e. The van der Waals surface area contributed by atoms with Crippen LogP contribution in [-0.4, -0.2) is 62.8 Å². The quantitative estimate of drug-likeness (QED) is 0.805. The van der Waals surface area contributed by atoms with Crippen molar-refractivity contribution in [1.82, 2.24) is 10.6 Å². The molecular weight excluding hydrogens is 268 g/mol. The summed E-state index contributed by atoms with van der Waals surface area (Å²) in [6.45, 7) is 5.15. The van der Waals surface area contributed by atoms with Crippen molar-refractivity contribution in [1.29, 1.82) is 0 Å². The van der Waals surface area contributed by atoms with Crippen LogP contribution in [-0.2, 0) is 14.2 Å². The Kier molecular flexibility index (Phi) is 3.96. The first kappa shape index (κ1) is 14.4. The van der Waals surface area contributed by atoms with Gasteiger partial charge in [0.05, 0.1) is 49.7 Å². The SMILES string of the molecule is C1CC(OC2(C3COCCN3)CCC2)(C2COCCN2)C1. The van der Waals surface area contributed by atoms with Gasteiger partial charge in [0.1, 0.15) is 0 Å². The molecule has 0 aromatic heterocycles. The lowest BCUT2D eigenvalue weighted by Crippen LogP contribution is -2.69. The van der Waals surface area contributed by atoms with Crippen LogP contribution in [0.3, 0.4) is 0 Å². The lowest BCUT2D eigenvalue weighted by atomic mass is 9.69. The zero-order valence-electron chi connectivity index (χ0n) is 12.9. The van der Waals surface area contributed by atoms with Crippen LogP contribution in [0.4, 0.5) is 0 Å². The Labute approximate surface area is 127 Å². The number of hydrogen-bond acceptors (Lipinski definition) is 5. The summed E-state index contributed by atoms with van der Waals surface area (Å²) < 4.78 is 18.3. The van der Waals surface area contributed by atoms with Crippen molar-refractivity contribution in [3.8, 4) is 0 Å². The number of ether oxygens (including phenoxy) is 3. The van der Waals surface area contributed by atoms with E-state index in [1.807, 2.05) is 0 Å². The van der Waals surface area contributed by atoms with Gasteiger partial charge in [-0.25, -0.2) is 0 Å². The fourth-order valence-corrected chi connectivity index (χ4v) is 4.31. The molecule has 2 atom stereocenters. The van der Waals surface area contributed by atoms with Gasteiger partial charge < -0.3 is 24.8 Å². The molecule has 0 aromatic rings. The Morgan fingerprint density at radius 2 is 1.24 bits per heavy atom. The molecule has 2 unspecified atom stereocenters. The molecule has 5 heteroatoms. The van der Waals surface area contributed by atoms with Crippen LogP contribution in [0.2, 0.25) is 0 Å². The Hall–Kier alpha value is -0.200. The third-order valence-corrected chi connectivity index (χ3v) is 5.92. The zero-order chi connectivity index (χ0) is 14.2. The second-order valence-corrected chi connectivity index (χ2v) is 7.10. The van der Waals surface area contributed by atoms with E-state index < -0.39 is 0 Å². The van der Waals surface area contributed by atoms with Crippen molar-refractivity contribution in [2.75, 3.05) is 39.5 Å². The summed E-state index contributed by atoms with van der Waals surface area (Å²) in [7, 11) is 0. The maximum atomic E-state index is 6.89. The van der Waals surface area contributed by atoms with Gasteiger partial charge in [0.15, 0.2) is 0 Å². The molecule has 0 radical (unpaired) electrons. The number of rotatable bonds is 4. The summed E-state index contributed by atoms with van der Waals surface area (Å²) in [6, 6.07) is 0.726. The number of morpholine rings is 2. The van der Waals surface area contributed by atoms with Crippen LogP contribution in [0.25, 0.3) is 0 Å². The minimum atomic E-state index is -0.0000326. The molecule has 2 N–H and O–H groups in total. The molecule has 2 heterocycles. The smallest absolute Gasteiger partial charge is 0.0865 e.